The number of aliphatic hydroxyl groups excluding tert-OH is 7. The number of esters is 2. The van der Waals surface area contributed by atoms with E-state index >= 15 is 0 Å². The first-order valence-electron chi connectivity index (χ1n) is 23.1. The standard InChI is InChI=1S/C48H78O15/c1-3-5-7-9-11-13-15-17-19-20-22-24-26-28-30-39(50)58-33-36(61-40(51)31-29-27-25-23-21-18-16-14-12-10-8-6-4-2)34-59-47-46(57)44(55)42(53)38(63-47)35-60-48-45(56)43(54)41(52)37(32-49)62-48/h6,8,10,12,14,16,18-21,23,25,36-38,41-49,52-57H,3-5,7,9,11,13,15,17,22,24,26-35H2,1-2H3/b8-6+,12-10+,16-14+,20-19+,21-18+,25-23+/t36?,37-,38-,41+,42+,43?,44?,45?,46?,47-,48-/m1/s1. The smallest absolute Gasteiger partial charge is 0.306 e. The number of hydrogen-bond acceptors (Lipinski definition) is 15. The molecule has 5 unspecified atom stereocenters. The second kappa shape index (κ2) is 35.2. The highest BCUT2D eigenvalue weighted by atomic mass is 16.7. The van der Waals surface area contributed by atoms with Crippen LogP contribution in [0.3, 0.4) is 0 Å². The Kier molecular flexibility index (Phi) is 31.4. The van der Waals surface area contributed by atoms with E-state index in [1.165, 1.54) is 44.9 Å². The summed E-state index contributed by atoms with van der Waals surface area (Å²) in [5.41, 5.74) is 0. The van der Waals surface area contributed by atoms with Gasteiger partial charge < -0.3 is 64.2 Å². The normalized spacial score (nSPS) is 27.5. The van der Waals surface area contributed by atoms with Crippen molar-refractivity contribution in [2.24, 2.45) is 0 Å². The van der Waals surface area contributed by atoms with Gasteiger partial charge in [-0.25, -0.2) is 0 Å². The SMILES string of the molecule is CC/C=C/C=C/C=C/C=C/C=C/CCCC(=O)OC(COC(=O)CCCCC/C=C/CCCCCCCCC)CO[C@@H]1O[C@H](CO[C@@H]2O[C@H](CO)[C@H](O)C(O)C2O)[C@H](O)C(O)C1O. The molecule has 0 saturated carbocycles. The molecule has 0 spiro atoms. The van der Waals surface area contributed by atoms with Crippen LogP contribution in [0.2, 0.25) is 0 Å². The lowest BCUT2D eigenvalue weighted by atomic mass is 9.98. The molecule has 2 aliphatic heterocycles. The fourth-order valence-corrected chi connectivity index (χ4v) is 6.71. The second-order valence-corrected chi connectivity index (χ2v) is 16.0. The van der Waals surface area contributed by atoms with Crippen molar-refractivity contribution in [3.05, 3.63) is 72.9 Å². The summed E-state index contributed by atoms with van der Waals surface area (Å²) in [4.78, 5) is 25.6. The number of aliphatic hydroxyl groups is 7. The average molecular weight is 895 g/mol. The van der Waals surface area contributed by atoms with Gasteiger partial charge in [-0.15, -0.1) is 0 Å². The van der Waals surface area contributed by atoms with Gasteiger partial charge in [0.05, 0.1) is 19.8 Å². The van der Waals surface area contributed by atoms with Crippen molar-refractivity contribution in [3.8, 4) is 0 Å². The van der Waals surface area contributed by atoms with E-state index in [1.807, 2.05) is 54.7 Å². The van der Waals surface area contributed by atoms with Gasteiger partial charge in [-0.3, -0.25) is 9.59 Å². The lowest BCUT2D eigenvalue weighted by molar-refractivity contribution is -0.332. The summed E-state index contributed by atoms with van der Waals surface area (Å²) < 4.78 is 33.3. The van der Waals surface area contributed by atoms with Crippen LogP contribution < -0.4 is 0 Å². The molecule has 0 aromatic heterocycles. The fraction of sp³-hybridized carbons (Fsp3) is 0.708. The third kappa shape index (κ3) is 24.2. The van der Waals surface area contributed by atoms with E-state index in [0.29, 0.717) is 19.3 Å². The molecule has 0 amide bonds. The molecular weight excluding hydrogens is 817 g/mol. The maximum absolute atomic E-state index is 12.9. The Morgan fingerprint density at radius 3 is 1.65 bits per heavy atom. The summed E-state index contributed by atoms with van der Waals surface area (Å²) in [6.07, 6.45) is 22.5. The molecule has 0 aromatic carbocycles. The summed E-state index contributed by atoms with van der Waals surface area (Å²) in [6.45, 7) is 2.31. The minimum Gasteiger partial charge on any atom is -0.462 e. The molecule has 15 heteroatoms. The zero-order valence-electron chi connectivity index (χ0n) is 37.5. The van der Waals surface area contributed by atoms with Crippen LogP contribution in [0.15, 0.2) is 72.9 Å². The molecule has 15 nitrogen and oxygen atoms in total. The molecule has 2 rings (SSSR count). The summed E-state index contributed by atoms with van der Waals surface area (Å²) in [6, 6.07) is 0. The fourth-order valence-electron chi connectivity index (χ4n) is 6.71. The molecule has 360 valence electrons. The Labute approximate surface area is 374 Å². The first kappa shape index (κ1) is 56.1. The number of carbonyl (C=O) groups excluding carboxylic acids is 2. The summed E-state index contributed by atoms with van der Waals surface area (Å²) in [7, 11) is 0. The van der Waals surface area contributed by atoms with Gasteiger partial charge in [0.2, 0.25) is 0 Å². The predicted molar refractivity (Wildman–Crippen MR) is 238 cm³/mol. The zero-order valence-corrected chi connectivity index (χ0v) is 37.5. The van der Waals surface area contributed by atoms with Gasteiger partial charge in [-0.2, -0.15) is 0 Å². The molecule has 7 N–H and O–H groups in total. The van der Waals surface area contributed by atoms with E-state index < -0.39 is 99.3 Å². The van der Waals surface area contributed by atoms with Crippen molar-refractivity contribution in [2.75, 3.05) is 26.4 Å². The molecule has 2 fully saturated rings. The van der Waals surface area contributed by atoms with Crippen LogP contribution in [0.4, 0.5) is 0 Å². The Balaban J connectivity index is 1.90. The Bertz CT molecular complexity index is 1380. The molecule has 0 bridgehead atoms. The minimum absolute atomic E-state index is 0.0623. The van der Waals surface area contributed by atoms with E-state index in [4.69, 9.17) is 28.4 Å². The van der Waals surface area contributed by atoms with Crippen LogP contribution >= 0.6 is 0 Å². The lowest BCUT2D eigenvalue weighted by Crippen LogP contribution is -2.61. The van der Waals surface area contributed by atoms with Crippen molar-refractivity contribution in [2.45, 2.75) is 191 Å². The molecule has 2 heterocycles. The number of hydrogen-bond donors (Lipinski definition) is 7. The van der Waals surface area contributed by atoms with Gasteiger partial charge in [0.1, 0.15) is 55.4 Å². The maximum atomic E-state index is 12.9. The van der Waals surface area contributed by atoms with Crippen molar-refractivity contribution in [3.63, 3.8) is 0 Å². The van der Waals surface area contributed by atoms with Crippen LogP contribution in [0.1, 0.15) is 123 Å². The van der Waals surface area contributed by atoms with Crippen LogP contribution in [-0.4, -0.2) is 142 Å². The van der Waals surface area contributed by atoms with E-state index in [0.717, 1.165) is 32.1 Å². The Morgan fingerprint density at radius 1 is 0.524 bits per heavy atom. The largest absolute Gasteiger partial charge is 0.462 e. The third-order valence-electron chi connectivity index (χ3n) is 10.5. The Hall–Kier alpha value is -3.06. The first-order chi connectivity index (χ1) is 30.5. The van der Waals surface area contributed by atoms with E-state index in [-0.39, 0.29) is 19.4 Å². The second-order valence-electron chi connectivity index (χ2n) is 16.0. The van der Waals surface area contributed by atoms with Crippen molar-refractivity contribution in [1.82, 2.24) is 0 Å². The molecule has 0 aromatic rings. The molecule has 0 radical (unpaired) electrons. The van der Waals surface area contributed by atoms with Gasteiger partial charge in [0.15, 0.2) is 18.7 Å². The number of carbonyl (C=O) groups is 2. The number of unbranched alkanes of at least 4 members (excludes halogenated alkanes) is 11. The summed E-state index contributed by atoms with van der Waals surface area (Å²) >= 11 is 0. The van der Waals surface area contributed by atoms with Gasteiger partial charge in [0.25, 0.3) is 0 Å². The molecule has 11 atom stereocenters. The molecule has 0 aliphatic carbocycles. The summed E-state index contributed by atoms with van der Waals surface area (Å²) in [5, 5.41) is 71.9. The minimum atomic E-state index is -1.78. The van der Waals surface area contributed by atoms with E-state index in [9.17, 15) is 45.3 Å². The van der Waals surface area contributed by atoms with Crippen molar-refractivity contribution >= 4 is 11.9 Å². The summed E-state index contributed by atoms with van der Waals surface area (Å²) in [5.74, 6) is -1.04. The quantitative estimate of drug-likeness (QED) is 0.0197. The number of ether oxygens (including phenoxy) is 6. The van der Waals surface area contributed by atoms with Crippen LogP contribution in [0.5, 0.6) is 0 Å². The highest BCUT2D eigenvalue weighted by molar-refractivity contribution is 5.70. The predicted octanol–water partition coefficient (Wildman–Crippen LogP) is 5.09. The average Bonchev–Trinajstić information content (AvgIpc) is 3.28. The lowest BCUT2D eigenvalue weighted by Gasteiger charge is -2.42. The molecule has 2 saturated heterocycles. The van der Waals surface area contributed by atoms with Gasteiger partial charge in [0, 0.05) is 12.8 Å². The number of rotatable bonds is 33. The van der Waals surface area contributed by atoms with Gasteiger partial charge in [-0.05, 0) is 51.4 Å². The van der Waals surface area contributed by atoms with Gasteiger partial charge >= 0.3 is 11.9 Å². The van der Waals surface area contributed by atoms with Crippen LogP contribution in [0.25, 0.3) is 0 Å². The highest BCUT2D eigenvalue weighted by Gasteiger charge is 2.47. The maximum Gasteiger partial charge on any atom is 0.306 e. The van der Waals surface area contributed by atoms with Crippen molar-refractivity contribution < 1.29 is 73.8 Å². The monoisotopic (exact) mass is 895 g/mol. The molecule has 63 heavy (non-hydrogen) atoms. The number of allylic oxidation sites excluding steroid dienone is 12. The van der Waals surface area contributed by atoms with Crippen molar-refractivity contribution in [1.29, 1.82) is 0 Å². The highest BCUT2D eigenvalue weighted by Crippen LogP contribution is 2.26. The topological polar surface area (TPSA) is 231 Å². The molecular formula is C48H78O15. The van der Waals surface area contributed by atoms with E-state index in [1.54, 1.807) is 0 Å². The first-order valence-corrected chi connectivity index (χ1v) is 23.1. The van der Waals surface area contributed by atoms with Crippen LogP contribution in [0, 0.1) is 0 Å². The van der Waals surface area contributed by atoms with Crippen LogP contribution in [-0.2, 0) is 38.0 Å². The Morgan fingerprint density at radius 2 is 1.03 bits per heavy atom. The molecule has 2 aliphatic rings. The van der Waals surface area contributed by atoms with Gasteiger partial charge in [-0.1, -0.05) is 132 Å². The zero-order chi connectivity index (χ0) is 46.1. The van der Waals surface area contributed by atoms with E-state index in [2.05, 4.69) is 32.1 Å². The third-order valence-corrected chi connectivity index (χ3v) is 10.5.